The van der Waals surface area contributed by atoms with Gasteiger partial charge < -0.3 is 15.8 Å². The van der Waals surface area contributed by atoms with Crippen molar-refractivity contribution in [2.45, 2.75) is 97.4 Å². The van der Waals surface area contributed by atoms with E-state index in [9.17, 15) is 4.79 Å². The van der Waals surface area contributed by atoms with Crippen LogP contribution >= 0.6 is 0 Å². The molecule has 4 heteroatoms. The number of carbonyl (C=O) groups is 1. The number of amides is 1. The van der Waals surface area contributed by atoms with Gasteiger partial charge in [-0.15, -0.1) is 0 Å². The highest BCUT2D eigenvalue weighted by Crippen LogP contribution is 2.34. The van der Waals surface area contributed by atoms with Crippen molar-refractivity contribution in [3.63, 3.8) is 0 Å². The topological polar surface area (TPSA) is 64.3 Å². The molecular formula is C25H42N2O2. The Morgan fingerprint density at radius 3 is 2.52 bits per heavy atom. The lowest BCUT2D eigenvalue weighted by molar-refractivity contribution is -0.121. The van der Waals surface area contributed by atoms with Gasteiger partial charge in [-0.2, -0.15) is 0 Å². The molecule has 1 fully saturated rings. The Kier molecular flexibility index (Phi) is 10.5. The van der Waals surface area contributed by atoms with E-state index in [2.05, 4.69) is 25.2 Å². The Morgan fingerprint density at radius 1 is 1.14 bits per heavy atom. The van der Waals surface area contributed by atoms with Crippen LogP contribution in [0.4, 0.5) is 5.69 Å². The SMILES string of the molecule is CCCCC(N)Cc1ccc(NC(=O)C2CCC(CCCC)CC2)c(OCC)c1. The van der Waals surface area contributed by atoms with Gasteiger partial charge in [0.15, 0.2) is 0 Å². The molecule has 1 amide bonds. The maximum absolute atomic E-state index is 12.8. The lowest BCUT2D eigenvalue weighted by atomic mass is 9.79. The van der Waals surface area contributed by atoms with Crippen LogP contribution in [-0.4, -0.2) is 18.6 Å². The molecule has 0 bridgehead atoms. The molecule has 164 valence electrons. The zero-order chi connectivity index (χ0) is 21.1. The first-order valence-electron chi connectivity index (χ1n) is 11.9. The van der Waals surface area contributed by atoms with Gasteiger partial charge in [0.2, 0.25) is 5.91 Å². The Balaban J connectivity index is 1.94. The number of anilines is 1. The quantitative estimate of drug-likeness (QED) is 0.445. The van der Waals surface area contributed by atoms with Crippen molar-refractivity contribution in [1.82, 2.24) is 0 Å². The summed E-state index contributed by atoms with van der Waals surface area (Å²) in [5.41, 5.74) is 8.22. The third-order valence-electron chi connectivity index (χ3n) is 6.21. The zero-order valence-electron chi connectivity index (χ0n) is 18.8. The molecule has 0 aromatic heterocycles. The molecule has 4 nitrogen and oxygen atoms in total. The Bertz CT molecular complexity index is 609. The molecule has 0 spiro atoms. The first kappa shape index (κ1) is 23.7. The summed E-state index contributed by atoms with van der Waals surface area (Å²) in [4.78, 5) is 12.8. The number of nitrogens with one attached hydrogen (secondary N) is 1. The zero-order valence-corrected chi connectivity index (χ0v) is 18.8. The van der Waals surface area contributed by atoms with Gasteiger partial charge in [-0.1, -0.05) is 52.0 Å². The van der Waals surface area contributed by atoms with Crippen LogP contribution in [0, 0.1) is 11.8 Å². The largest absolute Gasteiger partial charge is 0.492 e. The second kappa shape index (κ2) is 12.9. The average molecular weight is 403 g/mol. The summed E-state index contributed by atoms with van der Waals surface area (Å²) < 4.78 is 5.83. The van der Waals surface area contributed by atoms with Crippen LogP contribution in [-0.2, 0) is 11.2 Å². The lowest BCUT2D eigenvalue weighted by Gasteiger charge is -2.28. The van der Waals surface area contributed by atoms with Gasteiger partial charge in [-0.05, 0) is 69.1 Å². The predicted molar refractivity (Wildman–Crippen MR) is 122 cm³/mol. The van der Waals surface area contributed by atoms with Gasteiger partial charge in [0.05, 0.1) is 12.3 Å². The standard InChI is InChI=1S/C25H42N2O2/c1-4-7-9-19-11-14-21(15-12-19)25(28)27-23-16-13-20(18-24(23)29-6-3)17-22(26)10-8-5-2/h13,16,18-19,21-22H,4-12,14-15,17,26H2,1-3H3,(H,27,28). The van der Waals surface area contributed by atoms with E-state index in [-0.39, 0.29) is 17.9 Å². The van der Waals surface area contributed by atoms with E-state index in [0.717, 1.165) is 49.5 Å². The molecule has 1 atom stereocenters. The Labute approximate surface area is 178 Å². The van der Waals surface area contributed by atoms with Crippen LogP contribution in [0.25, 0.3) is 0 Å². The van der Waals surface area contributed by atoms with E-state index < -0.39 is 0 Å². The van der Waals surface area contributed by atoms with Crippen molar-refractivity contribution in [3.8, 4) is 5.75 Å². The fraction of sp³-hybridized carbons (Fsp3) is 0.720. The minimum atomic E-state index is 0.129. The summed E-state index contributed by atoms with van der Waals surface area (Å²) in [6.45, 7) is 6.99. The van der Waals surface area contributed by atoms with Gasteiger partial charge >= 0.3 is 0 Å². The summed E-state index contributed by atoms with van der Waals surface area (Å²) in [5.74, 6) is 1.85. The predicted octanol–water partition coefficient (Wildman–Crippen LogP) is 6.08. The summed E-state index contributed by atoms with van der Waals surface area (Å²) in [7, 11) is 0. The second-order valence-corrected chi connectivity index (χ2v) is 8.72. The van der Waals surface area contributed by atoms with E-state index in [1.165, 1.54) is 44.1 Å². The third-order valence-corrected chi connectivity index (χ3v) is 6.21. The molecule has 0 heterocycles. The van der Waals surface area contributed by atoms with E-state index in [1.807, 2.05) is 19.1 Å². The highest BCUT2D eigenvalue weighted by molar-refractivity contribution is 5.94. The average Bonchev–Trinajstić information content (AvgIpc) is 2.73. The number of nitrogens with two attached hydrogens (primary N) is 1. The molecule has 1 saturated carbocycles. The first-order valence-corrected chi connectivity index (χ1v) is 11.9. The Morgan fingerprint density at radius 2 is 1.86 bits per heavy atom. The van der Waals surface area contributed by atoms with Crippen LogP contribution in [0.15, 0.2) is 18.2 Å². The van der Waals surface area contributed by atoms with E-state index in [0.29, 0.717) is 6.61 Å². The molecule has 0 radical (unpaired) electrons. The molecule has 2 rings (SSSR count). The molecule has 1 aliphatic carbocycles. The van der Waals surface area contributed by atoms with Gasteiger partial charge in [-0.3, -0.25) is 4.79 Å². The number of hydrogen-bond donors (Lipinski definition) is 2. The van der Waals surface area contributed by atoms with Crippen molar-refractivity contribution in [2.24, 2.45) is 17.6 Å². The highest BCUT2D eigenvalue weighted by Gasteiger charge is 2.26. The first-order chi connectivity index (χ1) is 14.1. The van der Waals surface area contributed by atoms with Gasteiger partial charge in [0.25, 0.3) is 0 Å². The van der Waals surface area contributed by atoms with Crippen LogP contribution in [0.1, 0.15) is 90.5 Å². The monoisotopic (exact) mass is 402 g/mol. The number of benzene rings is 1. The lowest BCUT2D eigenvalue weighted by Crippen LogP contribution is -2.27. The highest BCUT2D eigenvalue weighted by atomic mass is 16.5. The normalized spacial score (nSPS) is 20.3. The number of rotatable bonds is 12. The van der Waals surface area contributed by atoms with Crippen LogP contribution in [0.3, 0.4) is 0 Å². The molecule has 1 aliphatic rings. The summed E-state index contributed by atoms with van der Waals surface area (Å²) in [6, 6.07) is 6.28. The maximum Gasteiger partial charge on any atom is 0.227 e. The maximum atomic E-state index is 12.8. The number of unbranched alkanes of at least 4 members (excludes halogenated alkanes) is 2. The fourth-order valence-electron chi connectivity index (χ4n) is 4.38. The van der Waals surface area contributed by atoms with Gasteiger partial charge in [0.1, 0.15) is 5.75 Å². The minimum absolute atomic E-state index is 0.129. The molecule has 1 unspecified atom stereocenters. The molecule has 29 heavy (non-hydrogen) atoms. The van der Waals surface area contributed by atoms with Crippen LogP contribution in [0.5, 0.6) is 5.75 Å². The molecule has 1 aromatic rings. The van der Waals surface area contributed by atoms with Crippen molar-refractivity contribution in [2.75, 3.05) is 11.9 Å². The number of ether oxygens (including phenoxy) is 1. The summed E-state index contributed by atoms with van der Waals surface area (Å²) in [5, 5.41) is 3.14. The van der Waals surface area contributed by atoms with Crippen molar-refractivity contribution < 1.29 is 9.53 Å². The van der Waals surface area contributed by atoms with Crippen molar-refractivity contribution >= 4 is 11.6 Å². The van der Waals surface area contributed by atoms with E-state index in [1.54, 1.807) is 0 Å². The fourth-order valence-corrected chi connectivity index (χ4v) is 4.38. The summed E-state index contributed by atoms with van der Waals surface area (Å²) in [6.07, 6.45) is 12.5. The molecular weight excluding hydrogens is 360 g/mol. The Hall–Kier alpha value is -1.55. The summed E-state index contributed by atoms with van der Waals surface area (Å²) >= 11 is 0. The van der Waals surface area contributed by atoms with Gasteiger partial charge in [-0.25, -0.2) is 0 Å². The van der Waals surface area contributed by atoms with Crippen molar-refractivity contribution in [1.29, 1.82) is 0 Å². The number of hydrogen-bond acceptors (Lipinski definition) is 3. The number of carbonyl (C=O) groups excluding carboxylic acids is 1. The smallest absolute Gasteiger partial charge is 0.227 e. The van der Waals surface area contributed by atoms with E-state index in [4.69, 9.17) is 10.5 Å². The van der Waals surface area contributed by atoms with Crippen LogP contribution < -0.4 is 15.8 Å². The minimum Gasteiger partial charge on any atom is -0.492 e. The third kappa shape index (κ3) is 8.00. The molecule has 0 aliphatic heterocycles. The molecule has 1 aromatic carbocycles. The second-order valence-electron chi connectivity index (χ2n) is 8.72. The van der Waals surface area contributed by atoms with Crippen molar-refractivity contribution in [3.05, 3.63) is 23.8 Å². The molecule has 3 N–H and O–H groups in total. The molecule has 0 saturated heterocycles. The van der Waals surface area contributed by atoms with Crippen LogP contribution in [0.2, 0.25) is 0 Å². The van der Waals surface area contributed by atoms with Gasteiger partial charge in [0, 0.05) is 12.0 Å². The van der Waals surface area contributed by atoms with E-state index >= 15 is 0 Å².